The molecule has 0 aliphatic heterocycles. The van der Waals surface area contributed by atoms with E-state index < -0.39 is 9.84 Å². The Labute approximate surface area is 162 Å². The maximum Gasteiger partial charge on any atom is 0.255 e. The van der Waals surface area contributed by atoms with Gasteiger partial charge in [-0.3, -0.25) is 4.79 Å². The van der Waals surface area contributed by atoms with Crippen LogP contribution in [-0.4, -0.2) is 30.4 Å². The number of amides is 1. The van der Waals surface area contributed by atoms with E-state index in [0.29, 0.717) is 16.3 Å². The first-order chi connectivity index (χ1) is 12.7. The maximum absolute atomic E-state index is 12.4. The molecule has 3 rings (SSSR count). The van der Waals surface area contributed by atoms with Gasteiger partial charge >= 0.3 is 0 Å². The van der Waals surface area contributed by atoms with Gasteiger partial charge in [0.25, 0.3) is 5.91 Å². The summed E-state index contributed by atoms with van der Waals surface area (Å²) in [7, 11) is -3.27. The number of carbonyl (C=O) groups excluding carboxylic acids is 1. The minimum absolute atomic E-state index is 0.202. The van der Waals surface area contributed by atoms with Crippen LogP contribution in [0.3, 0.4) is 0 Å². The van der Waals surface area contributed by atoms with Crippen LogP contribution in [0, 0.1) is 13.8 Å². The number of halogens is 1. The zero-order chi connectivity index (χ0) is 19.8. The molecule has 0 bridgehead atoms. The molecule has 1 amide bonds. The number of nitrogens with zero attached hydrogens (tertiary/aromatic N) is 2. The zero-order valence-electron chi connectivity index (χ0n) is 15.0. The summed E-state index contributed by atoms with van der Waals surface area (Å²) in [5, 5.41) is 7.75. The van der Waals surface area contributed by atoms with E-state index >= 15 is 0 Å². The normalized spacial score (nSPS) is 11.4. The second-order valence-corrected chi connectivity index (χ2v) is 8.59. The lowest BCUT2D eigenvalue weighted by molar-refractivity contribution is 0.102. The molecule has 0 aliphatic carbocycles. The average molecular weight is 404 g/mol. The molecule has 1 heterocycles. The fourth-order valence-electron chi connectivity index (χ4n) is 2.62. The van der Waals surface area contributed by atoms with Crippen molar-refractivity contribution < 1.29 is 13.2 Å². The molecule has 0 unspecified atom stereocenters. The highest BCUT2D eigenvalue weighted by atomic mass is 35.5. The second-order valence-electron chi connectivity index (χ2n) is 6.19. The number of anilines is 1. The third-order valence-corrected chi connectivity index (χ3v) is 5.79. The summed E-state index contributed by atoms with van der Waals surface area (Å²) in [6, 6.07) is 13.0. The number of rotatable bonds is 4. The molecule has 0 saturated carbocycles. The molecule has 1 aromatic heterocycles. The third kappa shape index (κ3) is 4.04. The quantitative estimate of drug-likeness (QED) is 0.718. The van der Waals surface area contributed by atoms with Gasteiger partial charge in [-0.25, -0.2) is 13.1 Å². The number of carbonyl (C=O) groups is 1. The molecular weight excluding hydrogens is 386 g/mol. The van der Waals surface area contributed by atoms with Crippen LogP contribution in [0.1, 0.15) is 21.7 Å². The zero-order valence-corrected chi connectivity index (χ0v) is 16.6. The van der Waals surface area contributed by atoms with Crippen molar-refractivity contribution in [3.63, 3.8) is 0 Å². The van der Waals surface area contributed by atoms with Crippen molar-refractivity contribution in [2.24, 2.45) is 0 Å². The number of benzene rings is 2. The predicted octanol–water partition coefficient (Wildman–Crippen LogP) is 3.80. The molecule has 0 spiro atoms. The van der Waals surface area contributed by atoms with E-state index in [1.165, 1.54) is 12.1 Å². The standard InChI is InChI=1S/C19H18ClN3O3S/c1-12-18(20)13(2)23(22-12)16-8-4-14(5-9-16)19(24)21-15-6-10-17(11-7-15)27(3,25)26/h4-11H,1-3H3,(H,21,24). The van der Waals surface area contributed by atoms with Crippen molar-refractivity contribution in [1.29, 1.82) is 0 Å². The minimum Gasteiger partial charge on any atom is -0.322 e. The average Bonchev–Trinajstić information content (AvgIpc) is 2.89. The topological polar surface area (TPSA) is 81.1 Å². The first kappa shape index (κ1) is 19.1. The van der Waals surface area contributed by atoms with E-state index in [4.69, 9.17) is 11.6 Å². The Morgan fingerprint density at radius 2 is 1.63 bits per heavy atom. The van der Waals surface area contributed by atoms with Gasteiger partial charge < -0.3 is 5.32 Å². The minimum atomic E-state index is -3.27. The summed E-state index contributed by atoms with van der Waals surface area (Å²) in [4.78, 5) is 12.6. The number of hydrogen-bond donors (Lipinski definition) is 1. The molecule has 0 radical (unpaired) electrons. The maximum atomic E-state index is 12.4. The summed E-state index contributed by atoms with van der Waals surface area (Å²) < 4.78 is 24.7. The SMILES string of the molecule is Cc1nn(-c2ccc(C(=O)Nc3ccc(S(C)(=O)=O)cc3)cc2)c(C)c1Cl. The molecule has 0 fully saturated rings. The summed E-state index contributed by atoms with van der Waals surface area (Å²) in [6.45, 7) is 3.71. The van der Waals surface area contributed by atoms with Crippen LogP contribution in [0.15, 0.2) is 53.4 Å². The van der Waals surface area contributed by atoms with Crippen LogP contribution in [0.2, 0.25) is 5.02 Å². The van der Waals surface area contributed by atoms with Crippen LogP contribution in [-0.2, 0) is 9.84 Å². The monoisotopic (exact) mass is 403 g/mol. The van der Waals surface area contributed by atoms with Crippen molar-refractivity contribution >= 4 is 33.0 Å². The number of aryl methyl sites for hydroxylation is 1. The van der Waals surface area contributed by atoms with Gasteiger partial charge in [-0.2, -0.15) is 5.10 Å². The number of nitrogens with one attached hydrogen (secondary N) is 1. The molecule has 6 nitrogen and oxygen atoms in total. The van der Waals surface area contributed by atoms with Crippen molar-refractivity contribution in [1.82, 2.24) is 9.78 Å². The molecule has 27 heavy (non-hydrogen) atoms. The highest BCUT2D eigenvalue weighted by Gasteiger charge is 2.12. The first-order valence-electron chi connectivity index (χ1n) is 8.10. The first-order valence-corrected chi connectivity index (χ1v) is 10.4. The molecule has 3 aromatic rings. The van der Waals surface area contributed by atoms with Crippen molar-refractivity contribution in [2.75, 3.05) is 11.6 Å². The molecular formula is C19H18ClN3O3S. The number of aromatic nitrogens is 2. The van der Waals surface area contributed by atoms with Crippen LogP contribution >= 0.6 is 11.6 Å². The van der Waals surface area contributed by atoms with E-state index in [9.17, 15) is 13.2 Å². The Kier molecular flexibility index (Phi) is 5.08. The molecule has 0 aliphatic rings. The molecule has 1 N–H and O–H groups in total. The molecule has 0 saturated heterocycles. The van der Waals surface area contributed by atoms with Crippen LogP contribution in [0.5, 0.6) is 0 Å². The van der Waals surface area contributed by atoms with Gasteiger partial charge in [0.05, 0.1) is 27.0 Å². The second kappa shape index (κ2) is 7.17. The smallest absolute Gasteiger partial charge is 0.255 e. The molecule has 0 atom stereocenters. The van der Waals surface area contributed by atoms with E-state index in [0.717, 1.165) is 23.3 Å². The Morgan fingerprint density at radius 3 is 2.11 bits per heavy atom. The van der Waals surface area contributed by atoms with Crippen molar-refractivity contribution in [3.8, 4) is 5.69 Å². The third-order valence-electron chi connectivity index (χ3n) is 4.12. The highest BCUT2D eigenvalue weighted by molar-refractivity contribution is 7.90. The van der Waals surface area contributed by atoms with Gasteiger partial charge in [0.1, 0.15) is 0 Å². The largest absolute Gasteiger partial charge is 0.322 e. The van der Waals surface area contributed by atoms with E-state index in [-0.39, 0.29) is 10.8 Å². The summed E-state index contributed by atoms with van der Waals surface area (Å²) in [6.07, 6.45) is 1.14. The summed E-state index contributed by atoms with van der Waals surface area (Å²) in [5.41, 5.74) is 3.36. The van der Waals surface area contributed by atoms with Crippen LogP contribution in [0.25, 0.3) is 5.69 Å². The number of sulfone groups is 1. The van der Waals surface area contributed by atoms with E-state index in [1.54, 1.807) is 41.1 Å². The Bertz CT molecular complexity index is 1100. The summed E-state index contributed by atoms with van der Waals surface area (Å²) in [5.74, 6) is -0.292. The fraction of sp³-hybridized carbons (Fsp3) is 0.158. The van der Waals surface area contributed by atoms with Gasteiger partial charge in [-0.05, 0) is 62.4 Å². The number of hydrogen-bond acceptors (Lipinski definition) is 4. The summed E-state index contributed by atoms with van der Waals surface area (Å²) >= 11 is 6.17. The Balaban J connectivity index is 1.77. The van der Waals surface area contributed by atoms with Gasteiger partial charge in [-0.1, -0.05) is 11.6 Å². The Hall–Kier alpha value is -2.64. The van der Waals surface area contributed by atoms with Crippen LogP contribution in [0.4, 0.5) is 5.69 Å². The van der Waals surface area contributed by atoms with Crippen molar-refractivity contribution in [3.05, 3.63) is 70.5 Å². The van der Waals surface area contributed by atoms with E-state index in [1.807, 2.05) is 13.8 Å². The fourth-order valence-corrected chi connectivity index (χ4v) is 3.37. The van der Waals surface area contributed by atoms with Crippen molar-refractivity contribution in [2.45, 2.75) is 18.7 Å². The molecule has 8 heteroatoms. The lowest BCUT2D eigenvalue weighted by atomic mass is 10.2. The van der Waals surface area contributed by atoms with Gasteiger partial charge in [0, 0.05) is 17.5 Å². The van der Waals surface area contributed by atoms with E-state index in [2.05, 4.69) is 10.4 Å². The molecule has 140 valence electrons. The lowest BCUT2D eigenvalue weighted by Crippen LogP contribution is -2.12. The van der Waals surface area contributed by atoms with Crippen LogP contribution < -0.4 is 5.32 Å². The molecule has 2 aromatic carbocycles. The Morgan fingerprint density at radius 1 is 1.04 bits per heavy atom. The lowest BCUT2D eigenvalue weighted by Gasteiger charge is -2.08. The highest BCUT2D eigenvalue weighted by Crippen LogP contribution is 2.22. The predicted molar refractivity (Wildman–Crippen MR) is 106 cm³/mol. The van der Waals surface area contributed by atoms with Gasteiger partial charge in [0.2, 0.25) is 0 Å². The van der Waals surface area contributed by atoms with Gasteiger partial charge in [-0.15, -0.1) is 0 Å². The van der Waals surface area contributed by atoms with Gasteiger partial charge in [0.15, 0.2) is 9.84 Å².